The fraction of sp³-hybridized carbons (Fsp3) is 0.167. The van der Waals surface area contributed by atoms with Gasteiger partial charge in [-0.15, -0.1) is 0 Å². The van der Waals surface area contributed by atoms with Gasteiger partial charge in [-0.3, -0.25) is 4.57 Å². The van der Waals surface area contributed by atoms with Crippen LogP contribution < -0.4 is 11.4 Å². The SMILES string of the molecule is NCc1ccc(F)cc1Cn1cccnc1=O. The predicted octanol–water partition coefficient (Wildman–Crippen LogP) is 0.889. The predicted molar refractivity (Wildman–Crippen MR) is 61.9 cm³/mol. The second-order valence-corrected chi connectivity index (χ2v) is 3.65. The minimum atomic E-state index is -0.361. The lowest BCUT2D eigenvalue weighted by atomic mass is 10.1. The molecule has 0 aliphatic carbocycles. The minimum absolute atomic E-state index is 0.275. The van der Waals surface area contributed by atoms with Crippen LogP contribution in [0.25, 0.3) is 0 Å². The molecule has 0 amide bonds. The van der Waals surface area contributed by atoms with Crippen LogP contribution in [0.5, 0.6) is 0 Å². The van der Waals surface area contributed by atoms with Crippen LogP contribution in [0.2, 0.25) is 0 Å². The lowest BCUT2D eigenvalue weighted by Gasteiger charge is -2.09. The summed E-state index contributed by atoms with van der Waals surface area (Å²) in [6, 6.07) is 6.04. The summed E-state index contributed by atoms with van der Waals surface area (Å²) in [5, 5.41) is 0. The zero-order valence-corrected chi connectivity index (χ0v) is 9.14. The van der Waals surface area contributed by atoms with Crippen LogP contribution in [0.15, 0.2) is 41.5 Å². The van der Waals surface area contributed by atoms with Gasteiger partial charge in [0.25, 0.3) is 0 Å². The van der Waals surface area contributed by atoms with Gasteiger partial charge in [0.1, 0.15) is 5.82 Å². The molecule has 2 N–H and O–H groups in total. The highest BCUT2D eigenvalue weighted by Gasteiger charge is 2.05. The Hall–Kier alpha value is -2.01. The van der Waals surface area contributed by atoms with Gasteiger partial charge in [0.05, 0.1) is 6.54 Å². The Balaban J connectivity index is 2.39. The molecule has 0 aliphatic rings. The van der Waals surface area contributed by atoms with Crippen molar-refractivity contribution in [3.8, 4) is 0 Å². The largest absolute Gasteiger partial charge is 0.347 e. The highest BCUT2D eigenvalue weighted by molar-refractivity contribution is 5.28. The number of halogens is 1. The second-order valence-electron chi connectivity index (χ2n) is 3.65. The summed E-state index contributed by atoms with van der Waals surface area (Å²) in [6.45, 7) is 0.585. The molecule has 1 heterocycles. The van der Waals surface area contributed by atoms with Gasteiger partial charge < -0.3 is 5.73 Å². The number of benzene rings is 1. The van der Waals surface area contributed by atoms with Crippen molar-refractivity contribution in [2.45, 2.75) is 13.1 Å². The van der Waals surface area contributed by atoms with Crippen LogP contribution >= 0.6 is 0 Å². The van der Waals surface area contributed by atoms with E-state index in [1.807, 2.05) is 0 Å². The summed E-state index contributed by atoms with van der Waals surface area (Å²) >= 11 is 0. The summed E-state index contributed by atoms with van der Waals surface area (Å²) in [4.78, 5) is 15.1. The van der Waals surface area contributed by atoms with Crippen molar-refractivity contribution in [3.05, 3.63) is 64.1 Å². The first-order valence-corrected chi connectivity index (χ1v) is 5.19. The summed E-state index contributed by atoms with van der Waals surface area (Å²) in [5.41, 5.74) is 6.72. The number of rotatable bonds is 3. The van der Waals surface area contributed by atoms with E-state index in [2.05, 4.69) is 4.98 Å². The summed E-state index contributed by atoms with van der Waals surface area (Å²) in [7, 11) is 0. The van der Waals surface area contributed by atoms with E-state index >= 15 is 0 Å². The first-order chi connectivity index (χ1) is 8.20. The van der Waals surface area contributed by atoms with E-state index in [9.17, 15) is 9.18 Å². The van der Waals surface area contributed by atoms with E-state index in [0.29, 0.717) is 12.1 Å². The molecule has 1 aromatic carbocycles. The summed E-state index contributed by atoms with van der Waals surface area (Å²) < 4.78 is 14.6. The minimum Gasteiger partial charge on any atom is -0.326 e. The van der Waals surface area contributed by atoms with Crippen LogP contribution in [0.1, 0.15) is 11.1 Å². The summed E-state index contributed by atoms with van der Waals surface area (Å²) in [6.07, 6.45) is 3.04. The Labute approximate surface area is 97.5 Å². The highest BCUT2D eigenvalue weighted by Crippen LogP contribution is 2.11. The normalized spacial score (nSPS) is 10.5. The average Bonchev–Trinajstić information content (AvgIpc) is 2.32. The second kappa shape index (κ2) is 4.88. The van der Waals surface area contributed by atoms with Crippen molar-refractivity contribution in [3.63, 3.8) is 0 Å². The maximum Gasteiger partial charge on any atom is 0.347 e. The Bertz CT molecular complexity index is 580. The van der Waals surface area contributed by atoms with Crippen LogP contribution in [0, 0.1) is 5.82 Å². The van der Waals surface area contributed by atoms with Crippen molar-refractivity contribution < 1.29 is 4.39 Å². The van der Waals surface area contributed by atoms with Gasteiger partial charge in [0, 0.05) is 18.9 Å². The number of hydrogen-bond acceptors (Lipinski definition) is 3. The maximum atomic E-state index is 13.1. The molecule has 0 unspecified atom stereocenters. The van der Waals surface area contributed by atoms with E-state index in [0.717, 1.165) is 5.56 Å². The number of nitrogens with zero attached hydrogens (tertiary/aromatic N) is 2. The van der Waals surface area contributed by atoms with Crippen LogP contribution in [0.4, 0.5) is 4.39 Å². The van der Waals surface area contributed by atoms with Crippen LogP contribution in [0.3, 0.4) is 0 Å². The molecule has 17 heavy (non-hydrogen) atoms. The molecule has 0 saturated carbocycles. The fourth-order valence-corrected chi connectivity index (χ4v) is 1.63. The third-order valence-corrected chi connectivity index (χ3v) is 2.51. The molecule has 0 bridgehead atoms. The average molecular weight is 233 g/mol. The summed E-state index contributed by atoms with van der Waals surface area (Å²) in [5.74, 6) is -0.339. The van der Waals surface area contributed by atoms with Gasteiger partial charge in [-0.25, -0.2) is 14.2 Å². The molecule has 88 valence electrons. The molecular weight excluding hydrogens is 221 g/mol. The van der Waals surface area contributed by atoms with Crippen LogP contribution in [-0.4, -0.2) is 9.55 Å². The van der Waals surface area contributed by atoms with Gasteiger partial charge in [-0.2, -0.15) is 0 Å². The van der Waals surface area contributed by atoms with E-state index in [-0.39, 0.29) is 18.1 Å². The molecule has 4 nitrogen and oxygen atoms in total. The molecule has 0 saturated heterocycles. The molecule has 5 heteroatoms. The molecule has 2 aromatic rings. The lowest BCUT2D eigenvalue weighted by molar-refractivity contribution is 0.620. The lowest BCUT2D eigenvalue weighted by Crippen LogP contribution is -2.22. The zero-order valence-electron chi connectivity index (χ0n) is 9.14. The third kappa shape index (κ3) is 2.57. The number of aromatic nitrogens is 2. The van der Waals surface area contributed by atoms with Gasteiger partial charge >= 0.3 is 5.69 Å². The van der Waals surface area contributed by atoms with Crippen molar-refractivity contribution in [1.82, 2.24) is 9.55 Å². The van der Waals surface area contributed by atoms with E-state index in [1.54, 1.807) is 18.3 Å². The van der Waals surface area contributed by atoms with E-state index < -0.39 is 0 Å². The fourth-order valence-electron chi connectivity index (χ4n) is 1.63. The monoisotopic (exact) mass is 233 g/mol. The molecule has 0 aliphatic heterocycles. The molecule has 0 spiro atoms. The van der Waals surface area contributed by atoms with Gasteiger partial charge in [0.15, 0.2) is 0 Å². The Morgan fingerprint density at radius 3 is 2.88 bits per heavy atom. The number of nitrogens with two attached hydrogens (primary N) is 1. The van der Waals surface area contributed by atoms with Crippen LogP contribution in [-0.2, 0) is 13.1 Å². The smallest absolute Gasteiger partial charge is 0.326 e. The van der Waals surface area contributed by atoms with Crippen molar-refractivity contribution in [1.29, 1.82) is 0 Å². The topological polar surface area (TPSA) is 60.9 Å². The molecule has 0 radical (unpaired) electrons. The van der Waals surface area contributed by atoms with E-state index in [1.165, 1.54) is 22.9 Å². The Morgan fingerprint density at radius 2 is 2.18 bits per heavy atom. The first-order valence-electron chi connectivity index (χ1n) is 5.19. The molecular formula is C12H12FN3O. The number of hydrogen-bond donors (Lipinski definition) is 1. The molecule has 1 aromatic heterocycles. The first kappa shape index (κ1) is 11.5. The maximum absolute atomic E-state index is 13.1. The zero-order chi connectivity index (χ0) is 12.3. The molecule has 2 rings (SSSR count). The Kier molecular flexibility index (Phi) is 3.30. The van der Waals surface area contributed by atoms with Gasteiger partial charge in [-0.05, 0) is 29.3 Å². The van der Waals surface area contributed by atoms with E-state index in [4.69, 9.17) is 5.73 Å². The van der Waals surface area contributed by atoms with Crippen molar-refractivity contribution in [2.75, 3.05) is 0 Å². The quantitative estimate of drug-likeness (QED) is 0.856. The molecule has 0 fully saturated rings. The van der Waals surface area contributed by atoms with Crippen molar-refractivity contribution >= 4 is 0 Å². The highest BCUT2D eigenvalue weighted by atomic mass is 19.1. The van der Waals surface area contributed by atoms with Gasteiger partial charge in [0.2, 0.25) is 0 Å². The molecule has 0 atom stereocenters. The third-order valence-electron chi connectivity index (χ3n) is 2.51. The standard InChI is InChI=1S/C12H12FN3O/c13-11-3-2-9(7-14)10(6-11)8-16-5-1-4-15-12(16)17/h1-6H,7-8,14H2. The Morgan fingerprint density at radius 1 is 1.35 bits per heavy atom. The van der Waals surface area contributed by atoms with Gasteiger partial charge in [-0.1, -0.05) is 6.07 Å². The van der Waals surface area contributed by atoms with Crippen molar-refractivity contribution in [2.24, 2.45) is 5.73 Å².